The molecular weight excluding hydrogens is 188 g/mol. The molecule has 1 atom stereocenters. The maximum Gasteiger partial charge on any atom is 0.0564 e. The van der Waals surface area contributed by atoms with Gasteiger partial charge in [0.1, 0.15) is 0 Å². The minimum Gasteiger partial charge on any atom is -0.324 e. The first-order chi connectivity index (χ1) is 7.17. The van der Waals surface area contributed by atoms with Crippen molar-refractivity contribution in [3.8, 4) is 0 Å². The van der Waals surface area contributed by atoms with E-state index in [1.54, 1.807) is 6.20 Å². The standard InChI is InChI=1S/C11H20N4/c1-4-9(2)15(3)8-11-7-10(14-12)5-6-13-11/h5-7,9H,4,8,12H2,1-3H3,(H,13,14). The Morgan fingerprint density at radius 2 is 2.33 bits per heavy atom. The van der Waals surface area contributed by atoms with Gasteiger partial charge in [0.15, 0.2) is 0 Å². The summed E-state index contributed by atoms with van der Waals surface area (Å²) in [5.41, 5.74) is 4.56. The molecule has 0 fully saturated rings. The lowest BCUT2D eigenvalue weighted by atomic mass is 10.2. The van der Waals surface area contributed by atoms with Crippen LogP contribution in [-0.4, -0.2) is 23.0 Å². The van der Waals surface area contributed by atoms with E-state index in [4.69, 9.17) is 5.84 Å². The molecule has 0 saturated heterocycles. The van der Waals surface area contributed by atoms with Crippen molar-refractivity contribution in [3.05, 3.63) is 24.0 Å². The van der Waals surface area contributed by atoms with Gasteiger partial charge < -0.3 is 5.43 Å². The van der Waals surface area contributed by atoms with E-state index in [-0.39, 0.29) is 0 Å². The quantitative estimate of drug-likeness (QED) is 0.570. The lowest BCUT2D eigenvalue weighted by Gasteiger charge is -2.23. The molecule has 1 heterocycles. The Labute approximate surface area is 91.5 Å². The molecule has 0 radical (unpaired) electrons. The predicted molar refractivity (Wildman–Crippen MR) is 63.3 cm³/mol. The van der Waals surface area contributed by atoms with Crippen molar-refractivity contribution in [2.75, 3.05) is 12.5 Å². The molecule has 0 aliphatic heterocycles. The Balaban J connectivity index is 2.63. The van der Waals surface area contributed by atoms with Crippen LogP contribution in [-0.2, 0) is 6.54 Å². The third kappa shape index (κ3) is 3.49. The zero-order chi connectivity index (χ0) is 11.3. The summed E-state index contributed by atoms with van der Waals surface area (Å²) in [6, 6.07) is 4.40. The van der Waals surface area contributed by atoms with Crippen LogP contribution in [0, 0.1) is 0 Å². The summed E-state index contributed by atoms with van der Waals surface area (Å²) in [5, 5.41) is 0. The molecule has 0 aliphatic rings. The normalized spacial score (nSPS) is 12.9. The van der Waals surface area contributed by atoms with Gasteiger partial charge in [0.25, 0.3) is 0 Å². The molecule has 84 valence electrons. The molecule has 0 aromatic carbocycles. The zero-order valence-electron chi connectivity index (χ0n) is 9.70. The number of nitrogens with zero attached hydrogens (tertiary/aromatic N) is 2. The summed E-state index contributed by atoms with van der Waals surface area (Å²) in [4.78, 5) is 6.59. The van der Waals surface area contributed by atoms with Crippen LogP contribution in [0.3, 0.4) is 0 Å². The highest BCUT2D eigenvalue weighted by Crippen LogP contribution is 2.10. The molecule has 1 unspecified atom stereocenters. The Hall–Kier alpha value is -1.13. The van der Waals surface area contributed by atoms with Gasteiger partial charge in [-0.3, -0.25) is 15.7 Å². The highest BCUT2D eigenvalue weighted by molar-refractivity contribution is 5.41. The van der Waals surface area contributed by atoms with Crippen molar-refractivity contribution in [1.82, 2.24) is 9.88 Å². The molecule has 0 bridgehead atoms. The lowest BCUT2D eigenvalue weighted by Crippen LogP contribution is -2.28. The van der Waals surface area contributed by atoms with E-state index in [2.05, 4.69) is 36.2 Å². The second-order valence-corrected chi connectivity index (χ2v) is 3.85. The lowest BCUT2D eigenvalue weighted by molar-refractivity contribution is 0.241. The van der Waals surface area contributed by atoms with E-state index in [9.17, 15) is 0 Å². The summed E-state index contributed by atoms with van der Waals surface area (Å²) in [7, 11) is 2.11. The van der Waals surface area contributed by atoms with E-state index in [0.29, 0.717) is 6.04 Å². The fourth-order valence-electron chi connectivity index (χ4n) is 1.38. The van der Waals surface area contributed by atoms with Crippen LogP contribution >= 0.6 is 0 Å². The molecule has 15 heavy (non-hydrogen) atoms. The first-order valence-corrected chi connectivity index (χ1v) is 5.29. The molecule has 0 saturated carbocycles. The molecule has 1 rings (SSSR count). The van der Waals surface area contributed by atoms with Crippen molar-refractivity contribution >= 4 is 5.69 Å². The van der Waals surface area contributed by atoms with Gasteiger partial charge in [-0.15, -0.1) is 0 Å². The van der Waals surface area contributed by atoms with E-state index in [1.165, 1.54) is 0 Å². The van der Waals surface area contributed by atoms with Gasteiger partial charge in [-0.25, -0.2) is 0 Å². The van der Waals surface area contributed by atoms with Crippen LogP contribution in [0.1, 0.15) is 26.0 Å². The molecule has 3 N–H and O–H groups in total. The van der Waals surface area contributed by atoms with Gasteiger partial charge in [0.2, 0.25) is 0 Å². The number of hydrogen-bond acceptors (Lipinski definition) is 4. The smallest absolute Gasteiger partial charge is 0.0564 e. The zero-order valence-corrected chi connectivity index (χ0v) is 9.70. The van der Waals surface area contributed by atoms with Crippen molar-refractivity contribution in [1.29, 1.82) is 0 Å². The molecule has 0 amide bonds. The number of hydrazine groups is 1. The topological polar surface area (TPSA) is 54.2 Å². The fraction of sp³-hybridized carbons (Fsp3) is 0.545. The van der Waals surface area contributed by atoms with E-state index in [0.717, 1.165) is 24.3 Å². The first kappa shape index (κ1) is 11.9. The Morgan fingerprint density at radius 1 is 1.60 bits per heavy atom. The molecule has 4 heteroatoms. The van der Waals surface area contributed by atoms with E-state index in [1.807, 2.05) is 12.1 Å². The minimum atomic E-state index is 0.571. The molecular formula is C11H20N4. The number of nitrogen functional groups attached to an aromatic ring is 1. The summed E-state index contributed by atoms with van der Waals surface area (Å²) in [6.45, 7) is 5.25. The third-order valence-corrected chi connectivity index (χ3v) is 2.74. The van der Waals surface area contributed by atoms with E-state index < -0.39 is 0 Å². The molecule has 0 aliphatic carbocycles. The van der Waals surface area contributed by atoms with Crippen molar-refractivity contribution in [3.63, 3.8) is 0 Å². The van der Waals surface area contributed by atoms with Gasteiger partial charge in [0, 0.05) is 18.8 Å². The van der Waals surface area contributed by atoms with Crippen LogP contribution in [0.5, 0.6) is 0 Å². The number of rotatable bonds is 5. The number of nitrogens with two attached hydrogens (primary N) is 1. The van der Waals surface area contributed by atoms with Crippen LogP contribution in [0.15, 0.2) is 18.3 Å². The third-order valence-electron chi connectivity index (χ3n) is 2.74. The average molecular weight is 208 g/mol. The van der Waals surface area contributed by atoms with Crippen LogP contribution < -0.4 is 11.3 Å². The Morgan fingerprint density at radius 3 is 2.93 bits per heavy atom. The number of aromatic nitrogens is 1. The highest BCUT2D eigenvalue weighted by Gasteiger charge is 2.07. The molecule has 0 spiro atoms. The summed E-state index contributed by atoms with van der Waals surface area (Å²) in [6.07, 6.45) is 2.92. The number of hydrogen-bond donors (Lipinski definition) is 2. The average Bonchev–Trinajstić information content (AvgIpc) is 2.28. The maximum atomic E-state index is 5.34. The predicted octanol–water partition coefficient (Wildman–Crippen LogP) is 1.60. The summed E-state index contributed by atoms with van der Waals surface area (Å²) < 4.78 is 0. The van der Waals surface area contributed by atoms with Crippen molar-refractivity contribution in [2.45, 2.75) is 32.9 Å². The second kappa shape index (κ2) is 5.68. The SMILES string of the molecule is CCC(C)N(C)Cc1cc(NN)ccn1. The largest absolute Gasteiger partial charge is 0.324 e. The molecule has 1 aromatic heterocycles. The summed E-state index contributed by atoms with van der Waals surface area (Å²) >= 11 is 0. The Bertz CT molecular complexity index is 300. The van der Waals surface area contributed by atoms with Crippen molar-refractivity contribution < 1.29 is 0 Å². The van der Waals surface area contributed by atoms with Gasteiger partial charge >= 0.3 is 0 Å². The molecule has 4 nitrogen and oxygen atoms in total. The van der Waals surface area contributed by atoms with Gasteiger partial charge in [0.05, 0.1) is 11.4 Å². The minimum absolute atomic E-state index is 0.571. The highest BCUT2D eigenvalue weighted by atomic mass is 15.2. The van der Waals surface area contributed by atoms with Crippen molar-refractivity contribution in [2.24, 2.45) is 5.84 Å². The van der Waals surface area contributed by atoms with Gasteiger partial charge in [-0.2, -0.15) is 0 Å². The van der Waals surface area contributed by atoms with Crippen LogP contribution in [0.2, 0.25) is 0 Å². The summed E-state index contributed by atoms with van der Waals surface area (Å²) in [5.74, 6) is 5.34. The van der Waals surface area contributed by atoms with Gasteiger partial charge in [-0.05, 0) is 32.5 Å². The van der Waals surface area contributed by atoms with Crippen LogP contribution in [0.4, 0.5) is 5.69 Å². The number of nitrogens with one attached hydrogen (secondary N) is 1. The monoisotopic (exact) mass is 208 g/mol. The first-order valence-electron chi connectivity index (χ1n) is 5.29. The fourth-order valence-corrected chi connectivity index (χ4v) is 1.38. The van der Waals surface area contributed by atoms with Gasteiger partial charge in [-0.1, -0.05) is 6.92 Å². The van der Waals surface area contributed by atoms with E-state index >= 15 is 0 Å². The maximum absolute atomic E-state index is 5.34. The number of pyridine rings is 1. The number of anilines is 1. The van der Waals surface area contributed by atoms with Crippen LogP contribution in [0.25, 0.3) is 0 Å². The molecule has 1 aromatic rings. The Kier molecular flexibility index (Phi) is 4.52. The second-order valence-electron chi connectivity index (χ2n) is 3.85.